The number of hydrogen-bond donors (Lipinski definition) is 1. The zero-order chi connectivity index (χ0) is 17.1. The number of carbonyl (C=O) groups excluding carboxylic acids is 1. The second kappa shape index (κ2) is 4.91. The first-order chi connectivity index (χ1) is 10.6. The fourth-order valence-electron chi connectivity index (χ4n) is 4.23. The number of primary amides is 1. The molecule has 5 heteroatoms. The molecule has 122 valence electrons. The third kappa shape index (κ3) is 2.18. The molecule has 1 atom stereocenters. The van der Waals surface area contributed by atoms with Gasteiger partial charge in [0.15, 0.2) is 0 Å². The smallest absolute Gasteiger partial charge is 0.252 e. The van der Waals surface area contributed by atoms with E-state index in [4.69, 9.17) is 5.73 Å². The summed E-state index contributed by atoms with van der Waals surface area (Å²) in [6.07, 6.45) is 0.874. The fourth-order valence-corrected chi connectivity index (χ4v) is 4.23. The molecule has 2 N–H and O–H groups in total. The largest absolute Gasteiger partial charge is 0.365 e. The molecule has 1 aromatic carbocycles. The molecule has 0 radical (unpaired) electrons. The number of hydrogen-bond acceptors (Lipinski definition) is 2. The lowest BCUT2D eigenvalue weighted by molar-refractivity contribution is 0.100. The van der Waals surface area contributed by atoms with Crippen molar-refractivity contribution in [1.82, 2.24) is 9.78 Å². The van der Waals surface area contributed by atoms with E-state index in [0.29, 0.717) is 17.0 Å². The van der Waals surface area contributed by atoms with Crippen LogP contribution >= 0.6 is 0 Å². The molecule has 0 fully saturated rings. The Morgan fingerprint density at radius 1 is 1.43 bits per heavy atom. The van der Waals surface area contributed by atoms with Crippen molar-refractivity contribution in [3.8, 4) is 11.3 Å². The van der Waals surface area contributed by atoms with Crippen LogP contribution in [0, 0.1) is 12.7 Å². The van der Waals surface area contributed by atoms with E-state index in [-0.39, 0.29) is 17.2 Å². The van der Waals surface area contributed by atoms with E-state index in [1.807, 2.05) is 0 Å². The van der Waals surface area contributed by atoms with Crippen LogP contribution in [-0.4, -0.2) is 15.7 Å². The first kappa shape index (κ1) is 15.7. The third-order valence-electron chi connectivity index (χ3n) is 4.90. The van der Waals surface area contributed by atoms with Crippen LogP contribution in [0.25, 0.3) is 11.3 Å². The normalized spacial score (nSPS) is 19.0. The van der Waals surface area contributed by atoms with Gasteiger partial charge in [0, 0.05) is 12.6 Å². The molecule has 1 aliphatic carbocycles. The maximum atomic E-state index is 14.5. The monoisotopic (exact) mass is 315 g/mol. The molecule has 23 heavy (non-hydrogen) atoms. The molecule has 1 unspecified atom stereocenters. The lowest BCUT2D eigenvalue weighted by atomic mass is 9.85. The van der Waals surface area contributed by atoms with Crippen LogP contribution in [0.1, 0.15) is 60.3 Å². The fraction of sp³-hybridized carbons (Fsp3) is 0.444. The number of halogens is 1. The summed E-state index contributed by atoms with van der Waals surface area (Å²) in [6.45, 7) is 7.99. The van der Waals surface area contributed by atoms with Crippen molar-refractivity contribution in [2.45, 2.75) is 45.4 Å². The number of rotatable bonds is 2. The van der Waals surface area contributed by atoms with Gasteiger partial charge in [0.25, 0.3) is 5.91 Å². The molecule has 0 spiro atoms. The summed E-state index contributed by atoms with van der Waals surface area (Å²) in [6, 6.07) is 3.23. The summed E-state index contributed by atoms with van der Waals surface area (Å²) in [4.78, 5) is 11.9. The molecule has 2 aromatic rings. The van der Waals surface area contributed by atoms with E-state index in [0.717, 1.165) is 23.1 Å². The maximum absolute atomic E-state index is 14.5. The zero-order valence-corrected chi connectivity index (χ0v) is 14.2. The van der Waals surface area contributed by atoms with Crippen LogP contribution in [0.4, 0.5) is 4.39 Å². The van der Waals surface area contributed by atoms with Crippen molar-refractivity contribution in [1.29, 1.82) is 0 Å². The summed E-state index contributed by atoms with van der Waals surface area (Å²) < 4.78 is 16.2. The molecule has 3 rings (SSSR count). The zero-order valence-electron chi connectivity index (χ0n) is 14.2. The highest BCUT2D eigenvalue weighted by atomic mass is 19.1. The standard InChI is InChI=1S/C18H22FN3O/c1-9-8-18(3,4)15-12(19)7-6-11(13(9)15)16-14(17(20)23)10(2)21-22(16)5/h6-7,9H,8H2,1-5H3,(H2,20,23). The number of nitrogens with two attached hydrogens (primary N) is 1. The number of fused-ring (bicyclic) bond motifs is 1. The number of aromatic nitrogens is 2. The van der Waals surface area contributed by atoms with Crippen LogP contribution in [0.15, 0.2) is 12.1 Å². The van der Waals surface area contributed by atoms with Crippen molar-refractivity contribution in [3.05, 3.63) is 40.3 Å². The van der Waals surface area contributed by atoms with Crippen molar-refractivity contribution in [2.24, 2.45) is 12.8 Å². The van der Waals surface area contributed by atoms with Crippen LogP contribution < -0.4 is 5.73 Å². The van der Waals surface area contributed by atoms with Gasteiger partial charge in [-0.3, -0.25) is 9.48 Å². The predicted octanol–water partition coefficient (Wildman–Crippen LogP) is 3.42. The Morgan fingerprint density at radius 3 is 2.70 bits per heavy atom. The predicted molar refractivity (Wildman–Crippen MR) is 87.9 cm³/mol. The van der Waals surface area contributed by atoms with Gasteiger partial charge in [-0.05, 0) is 47.9 Å². The number of amides is 1. The first-order valence-corrected chi connectivity index (χ1v) is 7.81. The lowest BCUT2D eigenvalue weighted by Crippen LogP contribution is -2.15. The SMILES string of the molecule is Cc1nn(C)c(-c2ccc(F)c3c2C(C)CC3(C)C)c1C(N)=O. The first-order valence-electron chi connectivity index (χ1n) is 7.81. The van der Waals surface area contributed by atoms with Crippen LogP contribution in [-0.2, 0) is 12.5 Å². The van der Waals surface area contributed by atoms with Crippen molar-refractivity contribution in [2.75, 3.05) is 0 Å². The van der Waals surface area contributed by atoms with E-state index in [9.17, 15) is 9.18 Å². The van der Waals surface area contributed by atoms with Crippen LogP contribution in [0.2, 0.25) is 0 Å². The molecule has 0 aliphatic heterocycles. The van der Waals surface area contributed by atoms with Gasteiger partial charge in [-0.1, -0.05) is 20.8 Å². The highest BCUT2D eigenvalue weighted by Crippen LogP contribution is 2.50. The van der Waals surface area contributed by atoms with Gasteiger partial charge in [0.1, 0.15) is 5.82 Å². The van der Waals surface area contributed by atoms with E-state index in [1.54, 1.807) is 24.7 Å². The van der Waals surface area contributed by atoms with Gasteiger partial charge in [-0.25, -0.2) is 4.39 Å². The Morgan fingerprint density at radius 2 is 2.09 bits per heavy atom. The van der Waals surface area contributed by atoms with Gasteiger partial charge in [0.05, 0.1) is 17.0 Å². The number of benzene rings is 1. The second-order valence-electron chi connectivity index (χ2n) is 7.17. The lowest BCUT2D eigenvalue weighted by Gasteiger charge is -2.20. The molecule has 4 nitrogen and oxygen atoms in total. The number of aryl methyl sites for hydroxylation is 2. The molecule has 0 saturated carbocycles. The van der Waals surface area contributed by atoms with Gasteiger partial charge < -0.3 is 5.73 Å². The molecular formula is C18H22FN3O. The topological polar surface area (TPSA) is 60.9 Å². The maximum Gasteiger partial charge on any atom is 0.252 e. The Balaban J connectivity index is 2.38. The molecule has 0 saturated heterocycles. The minimum Gasteiger partial charge on any atom is -0.365 e. The van der Waals surface area contributed by atoms with Gasteiger partial charge in [0.2, 0.25) is 0 Å². The Labute approximate surface area is 135 Å². The Hall–Kier alpha value is -2.17. The molecule has 0 bridgehead atoms. The molecule has 1 amide bonds. The van der Waals surface area contributed by atoms with Crippen molar-refractivity contribution in [3.63, 3.8) is 0 Å². The average molecular weight is 315 g/mol. The average Bonchev–Trinajstić information content (AvgIpc) is 2.84. The molecule has 1 aromatic heterocycles. The summed E-state index contributed by atoms with van der Waals surface area (Å²) >= 11 is 0. The van der Waals surface area contributed by atoms with Crippen LogP contribution in [0.3, 0.4) is 0 Å². The quantitative estimate of drug-likeness (QED) is 0.923. The van der Waals surface area contributed by atoms with Crippen molar-refractivity contribution < 1.29 is 9.18 Å². The summed E-state index contributed by atoms with van der Waals surface area (Å²) in [5.74, 6) is -0.479. The number of nitrogens with zero attached hydrogens (tertiary/aromatic N) is 2. The van der Waals surface area contributed by atoms with Crippen LogP contribution in [0.5, 0.6) is 0 Å². The van der Waals surface area contributed by atoms with Gasteiger partial charge in [-0.2, -0.15) is 5.10 Å². The summed E-state index contributed by atoms with van der Waals surface area (Å²) in [5.41, 5.74) is 9.60. The minimum absolute atomic E-state index is 0.183. The summed E-state index contributed by atoms with van der Waals surface area (Å²) in [7, 11) is 1.79. The molecular weight excluding hydrogens is 293 g/mol. The van der Waals surface area contributed by atoms with E-state index < -0.39 is 5.91 Å². The highest BCUT2D eigenvalue weighted by molar-refractivity contribution is 6.00. The van der Waals surface area contributed by atoms with Gasteiger partial charge >= 0.3 is 0 Å². The Bertz CT molecular complexity index is 820. The molecule has 1 aliphatic rings. The highest BCUT2D eigenvalue weighted by Gasteiger charge is 2.39. The third-order valence-corrected chi connectivity index (χ3v) is 4.90. The van der Waals surface area contributed by atoms with E-state index in [1.165, 1.54) is 6.07 Å². The second-order valence-corrected chi connectivity index (χ2v) is 7.17. The number of carbonyl (C=O) groups is 1. The van der Waals surface area contributed by atoms with Gasteiger partial charge in [-0.15, -0.1) is 0 Å². The van der Waals surface area contributed by atoms with E-state index >= 15 is 0 Å². The minimum atomic E-state index is -0.506. The van der Waals surface area contributed by atoms with Crippen molar-refractivity contribution >= 4 is 5.91 Å². The molecule has 1 heterocycles. The van der Waals surface area contributed by atoms with E-state index in [2.05, 4.69) is 25.9 Å². The Kier molecular flexibility index (Phi) is 3.36. The summed E-state index contributed by atoms with van der Waals surface area (Å²) in [5, 5.41) is 4.34.